The van der Waals surface area contributed by atoms with Gasteiger partial charge in [-0.1, -0.05) is 0 Å². The number of amides is 1. The van der Waals surface area contributed by atoms with Gasteiger partial charge in [-0.15, -0.1) is 0 Å². The molecule has 1 N–H and O–H groups in total. The Morgan fingerprint density at radius 3 is 2.83 bits per heavy atom. The molecule has 1 aromatic rings. The van der Waals surface area contributed by atoms with E-state index >= 15 is 0 Å². The molecular formula is C12H12INO4. The van der Waals surface area contributed by atoms with Crippen molar-refractivity contribution in [3.63, 3.8) is 0 Å². The molecule has 1 saturated heterocycles. The second-order valence-corrected chi connectivity index (χ2v) is 5.27. The van der Waals surface area contributed by atoms with Crippen molar-refractivity contribution in [3.05, 3.63) is 27.3 Å². The van der Waals surface area contributed by atoms with E-state index in [0.717, 1.165) is 3.57 Å². The molecule has 6 heteroatoms. The van der Waals surface area contributed by atoms with Crippen LogP contribution in [-0.2, 0) is 4.79 Å². The minimum absolute atomic E-state index is 0.0634. The molecule has 2 rings (SSSR count). The first kappa shape index (κ1) is 13.1. The van der Waals surface area contributed by atoms with Gasteiger partial charge in [0.15, 0.2) is 6.10 Å². The van der Waals surface area contributed by atoms with E-state index in [0.29, 0.717) is 18.7 Å². The van der Waals surface area contributed by atoms with Gasteiger partial charge < -0.3 is 14.7 Å². The number of carboxylic acid groups (broad SMARTS) is 1. The van der Waals surface area contributed by atoms with Crippen LogP contribution < -0.4 is 4.74 Å². The van der Waals surface area contributed by atoms with Gasteiger partial charge in [-0.05, 0) is 40.8 Å². The van der Waals surface area contributed by atoms with Crippen molar-refractivity contribution >= 4 is 34.5 Å². The highest BCUT2D eigenvalue weighted by Crippen LogP contribution is 2.26. The molecule has 0 aliphatic carbocycles. The number of rotatable bonds is 3. The molecule has 5 nitrogen and oxygen atoms in total. The summed E-state index contributed by atoms with van der Waals surface area (Å²) in [5.74, 6) is -0.623. The van der Waals surface area contributed by atoms with Crippen LogP contribution in [0.4, 0.5) is 0 Å². The highest BCUT2D eigenvalue weighted by molar-refractivity contribution is 14.1. The lowest BCUT2D eigenvalue weighted by Gasteiger charge is -2.14. The Bertz CT molecular complexity index is 503. The smallest absolute Gasteiger partial charge is 0.335 e. The van der Waals surface area contributed by atoms with E-state index < -0.39 is 12.1 Å². The Morgan fingerprint density at radius 2 is 2.28 bits per heavy atom. The van der Waals surface area contributed by atoms with Crippen molar-refractivity contribution in [1.29, 1.82) is 0 Å². The first-order valence-electron chi connectivity index (χ1n) is 5.43. The van der Waals surface area contributed by atoms with E-state index in [4.69, 9.17) is 9.84 Å². The quantitative estimate of drug-likeness (QED) is 0.831. The van der Waals surface area contributed by atoms with Crippen LogP contribution in [-0.4, -0.2) is 41.6 Å². The van der Waals surface area contributed by atoms with Crippen LogP contribution >= 0.6 is 22.6 Å². The zero-order valence-electron chi connectivity index (χ0n) is 9.72. The van der Waals surface area contributed by atoms with Crippen LogP contribution in [0, 0.1) is 3.57 Å². The molecule has 18 heavy (non-hydrogen) atoms. The monoisotopic (exact) mass is 361 g/mol. The van der Waals surface area contributed by atoms with Gasteiger partial charge in [0.05, 0.1) is 9.13 Å². The SMILES string of the molecule is CN1CCC(Oc2cc(C(=O)O)ccc2I)C1=O. The third-order valence-electron chi connectivity index (χ3n) is 2.83. The standard InChI is InChI=1S/C12H12INO4/c1-14-5-4-9(11(14)15)18-10-6-7(12(16)17)2-3-8(10)13/h2-3,6,9H,4-5H2,1H3,(H,16,17). The van der Waals surface area contributed by atoms with Crippen molar-refractivity contribution < 1.29 is 19.4 Å². The number of halogens is 1. The predicted molar refractivity (Wildman–Crippen MR) is 72.8 cm³/mol. The molecule has 1 aliphatic rings. The number of hydrogen-bond donors (Lipinski definition) is 1. The maximum Gasteiger partial charge on any atom is 0.335 e. The highest BCUT2D eigenvalue weighted by atomic mass is 127. The van der Waals surface area contributed by atoms with Gasteiger partial charge in [0.2, 0.25) is 0 Å². The maximum absolute atomic E-state index is 11.7. The van der Waals surface area contributed by atoms with E-state index in [9.17, 15) is 9.59 Å². The number of likely N-dealkylation sites (tertiary alicyclic amines) is 1. The molecule has 1 heterocycles. The number of carbonyl (C=O) groups is 2. The first-order chi connectivity index (χ1) is 8.49. The first-order valence-corrected chi connectivity index (χ1v) is 6.51. The largest absolute Gasteiger partial charge is 0.479 e. The predicted octanol–water partition coefficient (Wildman–Crippen LogP) is 1.60. The van der Waals surface area contributed by atoms with E-state index in [-0.39, 0.29) is 11.5 Å². The van der Waals surface area contributed by atoms with Crippen LogP contribution in [0.15, 0.2) is 18.2 Å². The highest BCUT2D eigenvalue weighted by Gasteiger charge is 2.31. The number of hydrogen-bond acceptors (Lipinski definition) is 3. The normalized spacial score (nSPS) is 19.1. The minimum atomic E-state index is -1.01. The van der Waals surface area contributed by atoms with Crippen LogP contribution in [0.3, 0.4) is 0 Å². The van der Waals surface area contributed by atoms with E-state index in [2.05, 4.69) is 22.6 Å². The number of carboxylic acids is 1. The summed E-state index contributed by atoms with van der Waals surface area (Å²) in [4.78, 5) is 24.2. The molecule has 0 radical (unpaired) electrons. The Labute approximate surface area is 118 Å². The molecule has 1 aliphatic heterocycles. The van der Waals surface area contributed by atoms with Crippen molar-refractivity contribution in [3.8, 4) is 5.75 Å². The van der Waals surface area contributed by atoms with E-state index in [1.807, 2.05) is 0 Å². The summed E-state index contributed by atoms with van der Waals surface area (Å²) in [5, 5.41) is 8.92. The Hall–Kier alpha value is -1.31. The summed E-state index contributed by atoms with van der Waals surface area (Å²) >= 11 is 2.06. The number of aromatic carboxylic acids is 1. The number of nitrogens with zero attached hydrogens (tertiary/aromatic N) is 1. The maximum atomic E-state index is 11.7. The average molecular weight is 361 g/mol. The summed E-state index contributed by atoms with van der Waals surface area (Å²) in [6.07, 6.45) is 0.121. The zero-order valence-corrected chi connectivity index (χ0v) is 11.9. The Balaban J connectivity index is 2.21. The van der Waals surface area contributed by atoms with Gasteiger partial charge >= 0.3 is 5.97 Å². The molecule has 1 aromatic carbocycles. The molecule has 0 bridgehead atoms. The molecule has 96 valence electrons. The number of ether oxygens (including phenoxy) is 1. The van der Waals surface area contributed by atoms with E-state index in [1.54, 1.807) is 18.0 Å². The van der Waals surface area contributed by atoms with Crippen molar-refractivity contribution in [2.75, 3.05) is 13.6 Å². The summed E-state index contributed by atoms with van der Waals surface area (Å²) < 4.78 is 6.41. The second-order valence-electron chi connectivity index (χ2n) is 4.11. The summed E-state index contributed by atoms with van der Waals surface area (Å²) in [7, 11) is 1.73. The van der Waals surface area contributed by atoms with Gasteiger partial charge in [-0.2, -0.15) is 0 Å². The van der Waals surface area contributed by atoms with Gasteiger partial charge in [0, 0.05) is 20.0 Å². The van der Waals surface area contributed by atoms with Crippen LogP contribution in [0.2, 0.25) is 0 Å². The number of carbonyl (C=O) groups excluding carboxylic acids is 1. The number of likely N-dealkylation sites (N-methyl/N-ethyl adjacent to an activating group) is 1. The molecule has 1 amide bonds. The molecule has 0 saturated carbocycles. The fraction of sp³-hybridized carbons (Fsp3) is 0.333. The molecule has 0 spiro atoms. The lowest BCUT2D eigenvalue weighted by atomic mass is 10.2. The van der Waals surface area contributed by atoms with Gasteiger partial charge in [-0.3, -0.25) is 4.79 Å². The third kappa shape index (κ3) is 2.58. The zero-order chi connectivity index (χ0) is 13.3. The van der Waals surface area contributed by atoms with Gasteiger partial charge in [-0.25, -0.2) is 4.79 Å². The molecule has 1 unspecified atom stereocenters. The second kappa shape index (κ2) is 5.13. The van der Waals surface area contributed by atoms with Crippen LogP contribution in [0.1, 0.15) is 16.8 Å². The summed E-state index contributed by atoms with van der Waals surface area (Å²) in [6, 6.07) is 4.64. The average Bonchev–Trinajstić information content (AvgIpc) is 2.63. The lowest BCUT2D eigenvalue weighted by Crippen LogP contribution is -2.29. The molecule has 1 atom stereocenters. The molecular weight excluding hydrogens is 349 g/mol. The Kier molecular flexibility index (Phi) is 3.74. The van der Waals surface area contributed by atoms with Gasteiger partial charge in [0.1, 0.15) is 5.75 Å². The summed E-state index contributed by atoms with van der Waals surface area (Å²) in [5.41, 5.74) is 0.157. The van der Waals surface area contributed by atoms with Crippen molar-refractivity contribution in [1.82, 2.24) is 4.90 Å². The fourth-order valence-corrected chi connectivity index (χ4v) is 2.24. The fourth-order valence-electron chi connectivity index (χ4n) is 1.78. The topological polar surface area (TPSA) is 66.8 Å². The molecule has 1 fully saturated rings. The van der Waals surface area contributed by atoms with Crippen LogP contribution in [0.25, 0.3) is 0 Å². The van der Waals surface area contributed by atoms with Gasteiger partial charge in [0.25, 0.3) is 5.91 Å². The van der Waals surface area contributed by atoms with Crippen molar-refractivity contribution in [2.24, 2.45) is 0 Å². The lowest BCUT2D eigenvalue weighted by molar-refractivity contribution is -0.132. The van der Waals surface area contributed by atoms with E-state index in [1.165, 1.54) is 12.1 Å². The van der Waals surface area contributed by atoms with Crippen LogP contribution in [0.5, 0.6) is 5.75 Å². The van der Waals surface area contributed by atoms with Crippen molar-refractivity contribution in [2.45, 2.75) is 12.5 Å². The Morgan fingerprint density at radius 1 is 1.56 bits per heavy atom. The third-order valence-corrected chi connectivity index (χ3v) is 3.72. The summed E-state index contributed by atoms with van der Waals surface area (Å²) in [6.45, 7) is 0.665. The minimum Gasteiger partial charge on any atom is -0.479 e. The number of benzene rings is 1. The molecule has 0 aromatic heterocycles.